The minimum atomic E-state index is -3.90. The summed E-state index contributed by atoms with van der Waals surface area (Å²) < 4.78 is 33.7. The minimum Gasteiger partial charge on any atom is -0.481 e. The Balaban J connectivity index is 1.54. The highest BCUT2D eigenvalue weighted by atomic mass is 19.3. The van der Waals surface area contributed by atoms with Gasteiger partial charge in [-0.3, -0.25) is 9.59 Å². The Morgan fingerprint density at radius 2 is 1.55 bits per heavy atom. The van der Waals surface area contributed by atoms with Crippen molar-refractivity contribution >= 4 is 18.0 Å². The largest absolute Gasteiger partial charge is 0.481 e. The number of carboxylic acid groups (broad SMARTS) is 1. The van der Waals surface area contributed by atoms with Crippen molar-refractivity contribution in [3.05, 3.63) is 59.7 Å². The number of fused-ring (bicyclic) bond motifs is 3. The summed E-state index contributed by atoms with van der Waals surface area (Å²) in [7, 11) is 0. The molecule has 2 aromatic carbocycles. The smallest absolute Gasteiger partial charge is 0.407 e. The molecule has 9 heteroatoms. The maximum absolute atomic E-state index is 14.2. The van der Waals surface area contributed by atoms with Gasteiger partial charge in [-0.25, -0.2) is 4.79 Å². The van der Waals surface area contributed by atoms with Crippen LogP contribution in [0, 0.1) is 0 Å². The summed E-state index contributed by atoms with van der Waals surface area (Å²) in [6.45, 7) is 1.61. The van der Waals surface area contributed by atoms with Crippen molar-refractivity contribution in [2.45, 2.75) is 44.1 Å². The highest BCUT2D eigenvalue weighted by Gasteiger charge is 2.41. The van der Waals surface area contributed by atoms with Gasteiger partial charge in [0.1, 0.15) is 6.61 Å². The molecule has 0 atom stereocenters. The minimum absolute atomic E-state index is 0.0238. The molecule has 0 spiro atoms. The lowest BCUT2D eigenvalue weighted by atomic mass is 9.98. The van der Waals surface area contributed by atoms with Gasteiger partial charge in [0.25, 0.3) is 5.91 Å². The predicted octanol–water partition coefficient (Wildman–Crippen LogP) is 3.92. The van der Waals surface area contributed by atoms with E-state index in [-0.39, 0.29) is 25.4 Å². The van der Waals surface area contributed by atoms with Crippen molar-refractivity contribution in [2.24, 2.45) is 0 Å². The first-order chi connectivity index (χ1) is 15.5. The molecule has 0 radical (unpaired) electrons. The van der Waals surface area contributed by atoms with E-state index in [1.54, 1.807) is 0 Å². The van der Waals surface area contributed by atoms with Crippen LogP contribution in [0.25, 0.3) is 11.1 Å². The first-order valence-electron chi connectivity index (χ1n) is 10.5. The van der Waals surface area contributed by atoms with Crippen LogP contribution in [0.3, 0.4) is 0 Å². The van der Waals surface area contributed by atoms with Gasteiger partial charge in [0.2, 0.25) is 0 Å². The summed E-state index contributed by atoms with van der Waals surface area (Å²) in [4.78, 5) is 34.7. The summed E-state index contributed by atoms with van der Waals surface area (Å²) in [6.07, 6.45) is -1.37. The second-order valence-electron chi connectivity index (χ2n) is 8.62. The van der Waals surface area contributed by atoms with E-state index >= 15 is 0 Å². The van der Waals surface area contributed by atoms with Crippen LogP contribution in [0.1, 0.15) is 43.7 Å². The number of carbonyl (C=O) groups excluding carboxylic acids is 2. The molecule has 3 rings (SSSR count). The van der Waals surface area contributed by atoms with E-state index in [2.05, 4.69) is 5.32 Å². The van der Waals surface area contributed by atoms with Crippen LogP contribution in [-0.4, -0.2) is 47.7 Å². The Bertz CT molecular complexity index is 1010. The van der Waals surface area contributed by atoms with E-state index in [4.69, 9.17) is 9.84 Å². The lowest BCUT2D eigenvalue weighted by Crippen LogP contribution is -2.54. The fourth-order valence-corrected chi connectivity index (χ4v) is 3.79. The Morgan fingerprint density at radius 3 is 2.09 bits per heavy atom. The van der Waals surface area contributed by atoms with E-state index in [9.17, 15) is 23.2 Å². The Hall–Kier alpha value is -3.49. The number of carboxylic acids is 1. The molecular formula is C24H26F2N2O5. The fraction of sp³-hybridized carbons (Fsp3) is 0.375. The Labute approximate surface area is 190 Å². The number of hydrogen-bond acceptors (Lipinski definition) is 4. The molecule has 0 unspecified atom stereocenters. The zero-order valence-electron chi connectivity index (χ0n) is 18.4. The molecule has 0 aromatic heterocycles. The molecule has 1 aliphatic carbocycles. The number of hydrogen-bond donors (Lipinski definition) is 3. The maximum atomic E-state index is 14.2. The van der Waals surface area contributed by atoms with Crippen molar-refractivity contribution in [1.82, 2.24) is 10.6 Å². The third kappa shape index (κ3) is 5.85. The van der Waals surface area contributed by atoms with E-state index < -0.39 is 36.0 Å². The van der Waals surface area contributed by atoms with Crippen molar-refractivity contribution in [1.29, 1.82) is 0 Å². The third-order valence-corrected chi connectivity index (χ3v) is 5.55. The standard InChI is InChI=1S/C24H26F2N2O5/c1-23(2,12-11-20(29)30)28-21(31)24(25,26)14-27-22(32)33-13-19-17-9-5-3-7-15(17)16-8-4-6-10-18(16)19/h3-10,19H,11-14H2,1-2H3,(H,27,32)(H,28,31)(H,29,30). The number of ether oxygens (including phenoxy) is 1. The van der Waals surface area contributed by atoms with Gasteiger partial charge in [-0.2, -0.15) is 8.78 Å². The van der Waals surface area contributed by atoms with Crippen molar-refractivity contribution in [2.75, 3.05) is 13.2 Å². The average molecular weight is 460 g/mol. The van der Waals surface area contributed by atoms with Crippen LogP contribution < -0.4 is 10.6 Å². The first-order valence-corrected chi connectivity index (χ1v) is 10.5. The van der Waals surface area contributed by atoms with Gasteiger partial charge < -0.3 is 20.5 Å². The van der Waals surface area contributed by atoms with Crippen LogP contribution in [0.5, 0.6) is 0 Å². The van der Waals surface area contributed by atoms with Crippen LogP contribution in [0.15, 0.2) is 48.5 Å². The van der Waals surface area contributed by atoms with E-state index in [1.807, 2.05) is 53.8 Å². The summed E-state index contributed by atoms with van der Waals surface area (Å²) >= 11 is 0. The molecule has 0 heterocycles. The highest BCUT2D eigenvalue weighted by molar-refractivity contribution is 5.85. The first kappa shape index (κ1) is 24.2. The van der Waals surface area contributed by atoms with Gasteiger partial charge >= 0.3 is 18.0 Å². The third-order valence-electron chi connectivity index (χ3n) is 5.55. The summed E-state index contributed by atoms with van der Waals surface area (Å²) in [6, 6.07) is 15.4. The maximum Gasteiger partial charge on any atom is 0.407 e. The molecule has 0 fully saturated rings. The Morgan fingerprint density at radius 1 is 1.00 bits per heavy atom. The zero-order valence-corrected chi connectivity index (χ0v) is 18.4. The molecule has 0 saturated carbocycles. The van der Waals surface area contributed by atoms with Gasteiger partial charge in [-0.1, -0.05) is 48.5 Å². The van der Waals surface area contributed by atoms with Crippen molar-refractivity contribution in [3.8, 4) is 11.1 Å². The summed E-state index contributed by atoms with van der Waals surface area (Å²) in [5.41, 5.74) is 2.90. The zero-order chi connectivity index (χ0) is 24.2. The monoisotopic (exact) mass is 460 g/mol. The molecule has 2 amide bonds. The molecule has 33 heavy (non-hydrogen) atoms. The number of nitrogens with one attached hydrogen (secondary N) is 2. The molecule has 0 saturated heterocycles. The highest BCUT2D eigenvalue weighted by Crippen LogP contribution is 2.44. The van der Waals surface area contributed by atoms with E-state index in [0.29, 0.717) is 0 Å². The average Bonchev–Trinajstić information content (AvgIpc) is 3.08. The number of alkyl carbamates (subject to hydrolysis) is 1. The number of rotatable bonds is 9. The van der Waals surface area contributed by atoms with Gasteiger partial charge in [0, 0.05) is 17.9 Å². The lowest BCUT2D eigenvalue weighted by molar-refractivity contribution is -0.147. The van der Waals surface area contributed by atoms with Crippen LogP contribution >= 0.6 is 0 Å². The van der Waals surface area contributed by atoms with Crippen molar-refractivity contribution in [3.63, 3.8) is 0 Å². The van der Waals surface area contributed by atoms with E-state index in [1.165, 1.54) is 13.8 Å². The van der Waals surface area contributed by atoms with Gasteiger partial charge in [-0.05, 0) is 42.5 Å². The van der Waals surface area contributed by atoms with Crippen LogP contribution in [0.4, 0.5) is 13.6 Å². The summed E-state index contributed by atoms with van der Waals surface area (Å²) in [5, 5.41) is 12.8. The topological polar surface area (TPSA) is 105 Å². The number of aliphatic carboxylic acids is 1. The number of halogens is 2. The predicted molar refractivity (Wildman–Crippen MR) is 117 cm³/mol. The molecule has 0 bridgehead atoms. The lowest BCUT2D eigenvalue weighted by Gasteiger charge is -2.28. The molecule has 7 nitrogen and oxygen atoms in total. The fourth-order valence-electron chi connectivity index (χ4n) is 3.79. The van der Waals surface area contributed by atoms with E-state index in [0.717, 1.165) is 22.3 Å². The second kappa shape index (κ2) is 9.56. The molecule has 1 aliphatic rings. The second-order valence-corrected chi connectivity index (χ2v) is 8.62. The number of amides is 2. The van der Waals surface area contributed by atoms with Gasteiger partial charge in [0.15, 0.2) is 0 Å². The Kier molecular flexibility index (Phi) is 7.00. The van der Waals surface area contributed by atoms with Gasteiger partial charge in [0.05, 0.1) is 6.54 Å². The molecular weight excluding hydrogens is 434 g/mol. The SMILES string of the molecule is CC(C)(CCC(=O)O)NC(=O)C(F)(F)CNC(=O)OCC1c2ccccc2-c2ccccc21. The molecule has 3 N–H and O–H groups in total. The number of benzene rings is 2. The molecule has 2 aromatic rings. The quantitative estimate of drug-likeness (QED) is 0.526. The number of carbonyl (C=O) groups is 3. The summed E-state index contributed by atoms with van der Waals surface area (Å²) in [5.74, 6) is -6.81. The molecule has 176 valence electrons. The number of alkyl halides is 2. The van der Waals surface area contributed by atoms with Gasteiger partial charge in [-0.15, -0.1) is 0 Å². The van der Waals surface area contributed by atoms with Crippen LogP contribution in [-0.2, 0) is 14.3 Å². The van der Waals surface area contributed by atoms with Crippen LogP contribution in [0.2, 0.25) is 0 Å². The normalized spacial score (nSPS) is 13.1. The molecule has 0 aliphatic heterocycles. The van der Waals surface area contributed by atoms with Crippen molar-refractivity contribution < 1.29 is 33.0 Å².